The number of benzene rings is 1. The average molecular weight is 364 g/mol. The van der Waals surface area contributed by atoms with Gasteiger partial charge in [-0.1, -0.05) is 6.07 Å². The van der Waals surface area contributed by atoms with E-state index in [0.29, 0.717) is 50.7 Å². The molecule has 0 unspecified atom stereocenters. The van der Waals surface area contributed by atoms with Crippen molar-refractivity contribution in [1.29, 1.82) is 0 Å². The summed E-state index contributed by atoms with van der Waals surface area (Å²) in [6, 6.07) is 5.82. The summed E-state index contributed by atoms with van der Waals surface area (Å²) in [6.45, 7) is 4.34. The third kappa shape index (κ3) is 5.28. The van der Waals surface area contributed by atoms with Crippen LogP contribution in [-0.4, -0.2) is 68.8 Å². The van der Waals surface area contributed by atoms with E-state index in [9.17, 15) is 9.59 Å². The molecule has 0 aliphatic carbocycles. The fourth-order valence-corrected chi connectivity index (χ4v) is 2.99. The molecule has 0 N–H and O–H groups in total. The van der Waals surface area contributed by atoms with Gasteiger partial charge < -0.3 is 24.0 Å². The minimum atomic E-state index is -0.298. The second kappa shape index (κ2) is 9.89. The van der Waals surface area contributed by atoms with Gasteiger partial charge in [-0.15, -0.1) is 0 Å². The van der Waals surface area contributed by atoms with Gasteiger partial charge in [-0.25, -0.2) is 4.79 Å². The van der Waals surface area contributed by atoms with Crippen LogP contribution in [0.1, 0.15) is 25.3 Å². The monoisotopic (exact) mass is 364 g/mol. The largest absolute Gasteiger partial charge is 0.493 e. The molecule has 0 saturated carbocycles. The predicted molar refractivity (Wildman–Crippen MR) is 97.7 cm³/mol. The fraction of sp³-hybridized carbons (Fsp3) is 0.579. The van der Waals surface area contributed by atoms with Crippen molar-refractivity contribution in [3.63, 3.8) is 0 Å². The van der Waals surface area contributed by atoms with Crippen molar-refractivity contribution in [2.45, 2.75) is 26.2 Å². The topological polar surface area (TPSA) is 68.3 Å². The molecule has 0 bridgehead atoms. The van der Waals surface area contributed by atoms with E-state index < -0.39 is 0 Å². The third-order valence-corrected chi connectivity index (χ3v) is 4.46. The van der Waals surface area contributed by atoms with Crippen molar-refractivity contribution in [2.24, 2.45) is 0 Å². The SMILES string of the molecule is CCOC(=O)N1CCN(C(=O)CCCc2ccc(OC)c(OC)c2)CC1. The maximum Gasteiger partial charge on any atom is 0.409 e. The molecule has 0 radical (unpaired) electrons. The van der Waals surface area contributed by atoms with E-state index in [4.69, 9.17) is 14.2 Å². The van der Waals surface area contributed by atoms with Gasteiger partial charge in [0, 0.05) is 32.6 Å². The molecule has 1 fully saturated rings. The van der Waals surface area contributed by atoms with Crippen molar-refractivity contribution in [3.05, 3.63) is 23.8 Å². The molecule has 1 heterocycles. The number of amides is 2. The number of hydrogen-bond acceptors (Lipinski definition) is 5. The lowest BCUT2D eigenvalue weighted by Gasteiger charge is -2.34. The van der Waals surface area contributed by atoms with Gasteiger partial charge in [0.25, 0.3) is 0 Å². The summed E-state index contributed by atoms with van der Waals surface area (Å²) in [7, 11) is 3.22. The van der Waals surface area contributed by atoms with Gasteiger partial charge >= 0.3 is 6.09 Å². The van der Waals surface area contributed by atoms with E-state index >= 15 is 0 Å². The van der Waals surface area contributed by atoms with Crippen LogP contribution in [0.2, 0.25) is 0 Å². The van der Waals surface area contributed by atoms with Crippen LogP contribution in [0.5, 0.6) is 11.5 Å². The Hall–Kier alpha value is -2.44. The molecule has 1 aliphatic heterocycles. The van der Waals surface area contributed by atoms with Gasteiger partial charge in [0.15, 0.2) is 11.5 Å². The summed E-state index contributed by atoms with van der Waals surface area (Å²) < 4.78 is 15.5. The van der Waals surface area contributed by atoms with E-state index in [1.807, 2.05) is 23.1 Å². The number of ether oxygens (including phenoxy) is 3. The lowest BCUT2D eigenvalue weighted by atomic mass is 10.1. The van der Waals surface area contributed by atoms with Gasteiger partial charge in [0.1, 0.15) is 0 Å². The van der Waals surface area contributed by atoms with E-state index in [0.717, 1.165) is 18.4 Å². The number of nitrogens with zero attached hydrogens (tertiary/aromatic N) is 2. The quantitative estimate of drug-likeness (QED) is 0.743. The number of hydrogen-bond donors (Lipinski definition) is 0. The smallest absolute Gasteiger partial charge is 0.409 e. The average Bonchev–Trinajstić information content (AvgIpc) is 2.68. The molecule has 7 nitrogen and oxygen atoms in total. The Balaban J connectivity index is 1.75. The highest BCUT2D eigenvalue weighted by Crippen LogP contribution is 2.28. The second-order valence-electron chi connectivity index (χ2n) is 6.11. The molecular weight excluding hydrogens is 336 g/mol. The van der Waals surface area contributed by atoms with Crippen molar-refractivity contribution in [1.82, 2.24) is 9.80 Å². The maximum atomic E-state index is 12.4. The van der Waals surface area contributed by atoms with Crippen LogP contribution in [0.3, 0.4) is 0 Å². The number of rotatable bonds is 7. The molecule has 1 aliphatic rings. The number of methoxy groups -OCH3 is 2. The summed E-state index contributed by atoms with van der Waals surface area (Å²) in [6.07, 6.45) is 1.77. The highest BCUT2D eigenvalue weighted by Gasteiger charge is 2.24. The lowest BCUT2D eigenvalue weighted by Crippen LogP contribution is -2.50. The number of piperazine rings is 1. The van der Waals surface area contributed by atoms with E-state index in [2.05, 4.69) is 0 Å². The van der Waals surface area contributed by atoms with Crippen LogP contribution in [0.4, 0.5) is 4.79 Å². The predicted octanol–water partition coefficient (Wildman–Crippen LogP) is 2.33. The van der Waals surface area contributed by atoms with Crippen molar-refractivity contribution in [2.75, 3.05) is 47.0 Å². The zero-order chi connectivity index (χ0) is 18.9. The number of carbonyl (C=O) groups is 2. The minimum absolute atomic E-state index is 0.133. The maximum absolute atomic E-state index is 12.4. The molecule has 2 amide bonds. The molecule has 1 aromatic rings. The molecule has 0 spiro atoms. The Kier molecular flexibility index (Phi) is 7.56. The fourth-order valence-electron chi connectivity index (χ4n) is 2.99. The minimum Gasteiger partial charge on any atom is -0.493 e. The zero-order valence-electron chi connectivity index (χ0n) is 15.8. The first kappa shape index (κ1) is 19.9. The van der Waals surface area contributed by atoms with Gasteiger partial charge in [-0.2, -0.15) is 0 Å². The van der Waals surface area contributed by atoms with Crippen molar-refractivity contribution >= 4 is 12.0 Å². The molecular formula is C19H28N2O5. The Labute approximate surface area is 154 Å². The summed E-state index contributed by atoms with van der Waals surface area (Å²) in [5.74, 6) is 1.53. The Morgan fingerprint density at radius 3 is 2.27 bits per heavy atom. The lowest BCUT2D eigenvalue weighted by molar-refractivity contribution is -0.132. The number of aryl methyl sites for hydroxylation is 1. The van der Waals surface area contributed by atoms with Crippen LogP contribution in [0, 0.1) is 0 Å². The molecule has 7 heteroatoms. The zero-order valence-corrected chi connectivity index (χ0v) is 15.8. The van der Waals surface area contributed by atoms with Crippen LogP contribution in [-0.2, 0) is 16.0 Å². The first-order valence-corrected chi connectivity index (χ1v) is 8.99. The summed E-state index contributed by atoms with van der Waals surface area (Å²) in [4.78, 5) is 27.5. The molecule has 1 saturated heterocycles. The number of carbonyl (C=O) groups excluding carboxylic acids is 2. The first-order chi connectivity index (χ1) is 12.6. The molecule has 144 valence electrons. The van der Waals surface area contributed by atoms with E-state index in [1.165, 1.54) is 0 Å². The molecule has 2 rings (SSSR count). The van der Waals surface area contributed by atoms with Gasteiger partial charge in [0.05, 0.1) is 20.8 Å². The normalized spacial score (nSPS) is 14.1. The van der Waals surface area contributed by atoms with Crippen LogP contribution in [0.15, 0.2) is 18.2 Å². The van der Waals surface area contributed by atoms with Gasteiger partial charge in [-0.05, 0) is 37.5 Å². The van der Waals surface area contributed by atoms with Gasteiger partial charge in [-0.3, -0.25) is 4.79 Å². The van der Waals surface area contributed by atoms with Crippen LogP contribution < -0.4 is 9.47 Å². The summed E-state index contributed by atoms with van der Waals surface area (Å²) in [5.41, 5.74) is 1.11. The first-order valence-electron chi connectivity index (χ1n) is 8.99. The highest BCUT2D eigenvalue weighted by molar-refractivity contribution is 5.76. The summed E-state index contributed by atoms with van der Waals surface area (Å²) in [5, 5.41) is 0. The molecule has 0 atom stereocenters. The van der Waals surface area contributed by atoms with E-state index in [-0.39, 0.29) is 12.0 Å². The Morgan fingerprint density at radius 2 is 1.65 bits per heavy atom. The standard InChI is InChI=1S/C19H28N2O5/c1-4-26-19(23)21-12-10-20(11-13-21)18(22)7-5-6-15-8-9-16(24-2)17(14-15)25-3/h8-9,14H,4-7,10-13H2,1-3H3. The Morgan fingerprint density at radius 1 is 1.00 bits per heavy atom. The third-order valence-electron chi connectivity index (χ3n) is 4.46. The molecule has 26 heavy (non-hydrogen) atoms. The molecule has 1 aromatic carbocycles. The van der Waals surface area contributed by atoms with Crippen molar-refractivity contribution < 1.29 is 23.8 Å². The van der Waals surface area contributed by atoms with Crippen molar-refractivity contribution in [3.8, 4) is 11.5 Å². The molecule has 0 aromatic heterocycles. The van der Waals surface area contributed by atoms with E-state index in [1.54, 1.807) is 26.0 Å². The van der Waals surface area contributed by atoms with Crippen LogP contribution >= 0.6 is 0 Å². The summed E-state index contributed by atoms with van der Waals surface area (Å²) >= 11 is 0. The Bertz CT molecular complexity index is 612. The second-order valence-corrected chi connectivity index (χ2v) is 6.11. The highest BCUT2D eigenvalue weighted by atomic mass is 16.6. The van der Waals surface area contributed by atoms with Crippen LogP contribution in [0.25, 0.3) is 0 Å². The van der Waals surface area contributed by atoms with Gasteiger partial charge in [0.2, 0.25) is 5.91 Å².